The molecule has 8 heteroatoms. The fourth-order valence-electron chi connectivity index (χ4n) is 2.64. The minimum absolute atomic E-state index is 0.0261. The molecule has 1 heterocycles. The highest BCUT2D eigenvalue weighted by Gasteiger charge is 2.18. The van der Waals surface area contributed by atoms with E-state index in [0.29, 0.717) is 11.3 Å². The number of para-hydroxylation sites is 1. The van der Waals surface area contributed by atoms with Crippen LogP contribution < -0.4 is 5.32 Å². The first-order chi connectivity index (χ1) is 13.4. The second-order valence-corrected chi connectivity index (χ2v) is 6.00. The zero-order valence-electron chi connectivity index (χ0n) is 14.7. The monoisotopic (exact) mass is 379 g/mol. The van der Waals surface area contributed by atoms with E-state index in [4.69, 9.17) is 5.11 Å². The van der Waals surface area contributed by atoms with Gasteiger partial charge in [0.15, 0.2) is 0 Å². The van der Waals surface area contributed by atoms with Gasteiger partial charge in [-0.3, -0.25) is 9.59 Å². The first-order valence-electron chi connectivity index (χ1n) is 8.44. The number of rotatable bonds is 7. The molecular weight excluding hydrogens is 362 g/mol. The van der Waals surface area contributed by atoms with Crippen LogP contribution in [0.5, 0.6) is 0 Å². The summed E-state index contributed by atoms with van der Waals surface area (Å²) in [5.74, 6) is -2.61. The van der Waals surface area contributed by atoms with E-state index in [0.717, 1.165) is 5.69 Å². The molecule has 1 amide bonds. The molecule has 0 fully saturated rings. The molecule has 3 aromatic rings. The number of aliphatic carboxylic acids is 1. The number of anilines is 1. The van der Waals surface area contributed by atoms with Gasteiger partial charge in [-0.05, 0) is 24.3 Å². The Morgan fingerprint density at radius 1 is 0.964 bits per heavy atom. The predicted octanol–water partition coefficient (Wildman–Crippen LogP) is 3.04. The van der Waals surface area contributed by atoms with Gasteiger partial charge < -0.3 is 15.5 Å². The Balaban J connectivity index is 1.91. The third-order valence-electron chi connectivity index (χ3n) is 3.95. The number of hydrogen-bond acceptors (Lipinski definition) is 4. The molecule has 0 radical (unpaired) electrons. The Kier molecular flexibility index (Phi) is 5.50. The van der Waals surface area contributed by atoms with Crippen molar-refractivity contribution in [1.82, 2.24) is 9.78 Å². The minimum atomic E-state index is -1.12. The average Bonchev–Trinajstić information content (AvgIpc) is 3.13. The van der Waals surface area contributed by atoms with E-state index in [1.165, 1.54) is 10.9 Å². The second kappa shape index (κ2) is 8.17. The molecule has 142 valence electrons. The largest absolute Gasteiger partial charge is 0.481 e. The van der Waals surface area contributed by atoms with Crippen LogP contribution in [-0.2, 0) is 9.59 Å². The van der Waals surface area contributed by atoms with Gasteiger partial charge in [-0.1, -0.05) is 30.3 Å². The lowest BCUT2D eigenvalue weighted by atomic mass is 10.1. The summed E-state index contributed by atoms with van der Waals surface area (Å²) in [6.07, 6.45) is 1.02. The highest BCUT2D eigenvalue weighted by atomic mass is 16.4. The Hall–Kier alpha value is -3.94. The third-order valence-corrected chi connectivity index (χ3v) is 3.95. The summed E-state index contributed by atoms with van der Waals surface area (Å²) >= 11 is 0. The van der Waals surface area contributed by atoms with Crippen LogP contribution in [-0.4, -0.2) is 37.8 Å². The van der Waals surface area contributed by atoms with E-state index in [1.54, 1.807) is 24.3 Å². The van der Waals surface area contributed by atoms with Crippen LogP contribution in [0.25, 0.3) is 16.9 Å². The molecule has 0 aliphatic heterocycles. The van der Waals surface area contributed by atoms with E-state index in [1.807, 2.05) is 30.3 Å². The van der Waals surface area contributed by atoms with Crippen molar-refractivity contribution < 1.29 is 24.6 Å². The Morgan fingerprint density at radius 3 is 2.39 bits per heavy atom. The van der Waals surface area contributed by atoms with Crippen molar-refractivity contribution in [3.63, 3.8) is 0 Å². The zero-order valence-corrected chi connectivity index (χ0v) is 14.7. The Labute approximate surface area is 160 Å². The van der Waals surface area contributed by atoms with Crippen LogP contribution in [0.1, 0.15) is 23.2 Å². The first-order valence-corrected chi connectivity index (χ1v) is 8.44. The predicted molar refractivity (Wildman–Crippen MR) is 101 cm³/mol. The van der Waals surface area contributed by atoms with Crippen LogP contribution in [0.15, 0.2) is 60.8 Å². The molecule has 0 spiro atoms. The van der Waals surface area contributed by atoms with E-state index < -0.39 is 17.8 Å². The molecule has 0 saturated heterocycles. The number of benzene rings is 2. The summed E-state index contributed by atoms with van der Waals surface area (Å²) in [6.45, 7) is 0. The third kappa shape index (κ3) is 4.42. The van der Waals surface area contributed by atoms with Crippen LogP contribution in [0.4, 0.5) is 5.69 Å². The highest BCUT2D eigenvalue weighted by Crippen LogP contribution is 2.26. The quantitative estimate of drug-likeness (QED) is 0.580. The molecule has 0 aliphatic carbocycles. The lowest BCUT2D eigenvalue weighted by molar-refractivity contribution is -0.138. The molecule has 1 aromatic heterocycles. The maximum Gasteiger partial charge on any atom is 0.339 e. The van der Waals surface area contributed by atoms with Gasteiger partial charge >= 0.3 is 11.9 Å². The molecule has 3 N–H and O–H groups in total. The Morgan fingerprint density at radius 2 is 1.71 bits per heavy atom. The Bertz CT molecular complexity index is 1030. The van der Waals surface area contributed by atoms with Crippen LogP contribution in [0.3, 0.4) is 0 Å². The molecule has 0 unspecified atom stereocenters. The number of carbonyl (C=O) groups excluding carboxylic acids is 1. The lowest BCUT2D eigenvalue weighted by Gasteiger charge is -2.06. The fourth-order valence-corrected chi connectivity index (χ4v) is 2.64. The maximum atomic E-state index is 11.8. The number of amides is 1. The number of carboxylic acid groups (broad SMARTS) is 2. The molecule has 0 atom stereocenters. The van der Waals surface area contributed by atoms with Crippen LogP contribution in [0.2, 0.25) is 0 Å². The van der Waals surface area contributed by atoms with Crippen molar-refractivity contribution >= 4 is 23.5 Å². The highest BCUT2D eigenvalue weighted by molar-refractivity contribution is 5.96. The molecular formula is C20H17N3O5. The molecule has 0 saturated carbocycles. The van der Waals surface area contributed by atoms with Gasteiger partial charge in [0.1, 0.15) is 11.3 Å². The van der Waals surface area contributed by atoms with Gasteiger partial charge in [-0.15, -0.1) is 0 Å². The molecule has 0 bridgehead atoms. The molecule has 0 aliphatic rings. The van der Waals surface area contributed by atoms with E-state index in [-0.39, 0.29) is 24.1 Å². The van der Waals surface area contributed by atoms with Crippen LogP contribution in [0, 0.1) is 0 Å². The van der Waals surface area contributed by atoms with Gasteiger partial charge in [-0.25, -0.2) is 9.48 Å². The van der Waals surface area contributed by atoms with E-state index in [9.17, 15) is 19.5 Å². The number of carboxylic acids is 2. The molecule has 8 nitrogen and oxygen atoms in total. The number of nitrogens with one attached hydrogen (secondary N) is 1. The minimum Gasteiger partial charge on any atom is -0.481 e. The number of aromatic nitrogens is 2. The topological polar surface area (TPSA) is 122 Å². The summed E-state index contributed by atoms with van der Waals surface area (Å²) in [4.78, 5) is 34.1. The average molecular weight is 379 g/mol. The normalized spacial score (nSPS) is 10.4. The maximum absolute atomic E-state index is 11.8. The van der Waals surface area contributed by atoms with E-state index >= 15 is 0 Å². The summed E-state index contributed by atoms with van der Waals surface area (Å²) in [6, 6.07) is 15.7. The standard InChI is InChI=1S/C20H17N3O5/c24-17(9-10-18(25)26)21-14-6-4-5-13(11-14)19-16(20(27)28)12-23(22-19)15-7-2-1-3-8-15/h1-8,11-12H,9-10H2,(H,21,24)(H,25,26)(H,27,28). The van der Waals surface area contributed by atoms with Crippen molar-refractivity contribution in [3.8, 4) is 16.9 Å². The number of nitrogens with zero attached hydrogens (tertiary/aromatic N) is 2. The number of carbonyl (C=O) groups is 3. The van der Waals surface area contributed by atoms with Crippen molar-refractivity contribution in [2.24, 2.45) is 0 Å². The smallest absolute Gasteiger partial charge is 0.339 e. The van der Waals surface area contributed by atoms with Gasteiger partial charge in [0, 0.05) is 23.9 Å². The van der Waals surface area contributed by atoms with Crippen molar-refractivity contribution in [1.29, 1.82) is 0 Å². The fraction of sp³-hybridized carbons (Fsp3) is 0.100. The summed E-state index contributed by atoms with van der Waals surface area (Å²) in [5, 5.41) is 25.2. The van der Waals surface area contributed by atoms with Crippen molar-refractivity contribution in [2.45, 2.75) is 12.8 Å². The van der Waals surface area contributed by atoms with Gasteiger partial charge in [0.25, 0.3) is 0 Å². The second-order valence-electron chi connectivity index (χ2n) is 6.00. The number of hydrogen-bond donors (Lipinski definition) is 3. The van der Waals surface area contributed by atoms with Gasteiger partial charge in [0.05, 0.1) is 12.1 Å². The summed E-state index contributed by atoms with van der Waals surface area (Å²) in [7, 11) is 0. The summed E-state index contributed by atoms with van der Waals surface area (Å²) in [5.41, 5.74) is 1.95. The SMILES string of the molecule is O=C(O)CCC(=O)Nc1cccc(-c2nn(-c3ccccc3)cc2C(=O)O)c1. The summed E-state index contributed by atoms with van der Waals surface area (Å²) < 4.78 is 1.48. The molecule has 28 heavy (non-hydrogen) atoms. The van der Waals surface area contributed by atoms with Crippen molar-refractivity contribution in [2.75, 3.05) is 5.32 Å². The zero-order chi connectivity index (χ0) is 20.1. The van der Waals surface area contributed by atoms with Gasteiger partial charge in [-0.2, -0.15) is 5.10 Å². The van der Waals surface area contributed by atoms with Crippen LogP contribution >= 0.6 is 0 Å². The van der Waals surface area contributed by atoms with E-state index in [2.05, 4.69) is 10.4 Å². The van der Waals surface area contributed by atoms with Gasteiger partial charge in [0.2, 0.25) is 5.91 Å². The number of aromatic carboxylic acids is 1. The lowest BCUT2D eigenvalue weighted by Crippen LogP contribution is -2.13. The molecule has 3 rings (SSSR count). The molecule has 2 aromatic carbocycles. The van der Waals surface area contributed by atoms with Crippen molar-refractivity contribution in [3.05, 3.63) is 66.4 Å². The first kappa shape index (κ1) is 18.8.